The van der Waals surface area contributed by atoms with Crippen LogP contribution in [0, 0.1) is 0 Å². The van der Waals surface area contributed by atoms with Gasteiger partial charge in [0.05, 0.1) is 6.61 Å². The zero-order valence-electron chi connectivity index (χ0n) is 9.86. The number of pyridine rings is 1. The minimum absolute atomic E-state index is 0.487. The van der Waals surface area contributed by atoms with Gasteiger partial charge in [-0.2, -0.15) is 0 Å². The Kier molecular flexibility index (Phi) is 4.17. The van der Waals surface area contributed by atoms with Crippen molar-refractivity contribution < 1.29 is 30.0 Å². The number of aromatic nitrogens is 1. The highest BCUT2D eigenvalue weighted by Crippen LogP contribution is 2.20. The number of aliphatic hydroxyl groups is 4. The van der Waals surface area contributed by atoms with E-state index >= 15 is 0 Å². The molecule has 0 saturated carbocycles. The molecule has 0 bridgehead atoms. The normalized spacial score (nSPS) is 35.1. The summed E-state index contributed by atoms with van der Waals surface area (Å²) in [7, 11) is 0. The second kappa shape index (κ2) is 5.68. The van der Waals surface area contributed by atoms with Crippen LogP contribution in [-0.2, 0) is 4.74 Å². The van der Waals surface area contributed by atoms with Gasteiger partial charge in [0.25, 0.3) is 11.8 Å². The van der Waals surface area contributed by atoms with Gasteiger partial charge in [-0.15, -0.1) is 4.73 Å². The van der Waals surface area contributed by atoms with E-state index in [4.69, 9.17) is 14.7 Å². The van der Waals surface area contributed by atoms with Crippen LogP contribution in [0.15, 0.2) is 29.2 Å². The van der Waals surface area contributed by atoms with Crippen LogP contribution in [0.4, 0.5) is 0 Å². The van der Waals surface area contributed by atoms with E-state index in [2.05, 4.69) is 0 Å². The topological polar surface area (TPSA) is 121 Å². The summed E-state index contributed by atoms with van der Waals surface area (Å²) >= 11 is 0. The van der Waals surface area contributed by atoms with Crippen LogP contribution >= 0.6 is 0 Å². The Morgan fingerprint density at radius 3 is 2.58 bits per heavy atom. The van der Waals surface area contributed by atoms with Crippen LogP contribution in [-0.4, -0.2) is 62.5 Å². The first-order chi connectivity index (χ1) is 9.04. The molecule has 19 heavy (non-hydrogen) atoms. The number of hydrogen-bond acceptors (Lipinski definition) is 7. The van der Waals surface area contributed by atoms with E-state index in [-0.39, 0.29) is 0 Å². The van der Waals surface area contributed by atoms with Gasteiger partial charge in [0.2, 0.25) is 0 Å². The molecule has 0 aromatic carbocycles. The Balaban J connectivity index is 2.15. The van der Waals surface area contributed by atoms with Gasteiger partial charge in [-0.05, 0) is 6.07 Å². The van der Waals surface area contributed by atoms with Crippen molar-refractivity contribution in [3.05, 3.63) is 34.7 Å². The fourth-order valence-corrected chi connectivity index (χ4v) is 1.77. The number of rotatable bonds is 3. The number of ether oxygens (including phenoxy) is 1. The van der Waals surface area contributed by atoms with E-state index in [1.807, 2.05) is 0 Å². The monoisotopic (exact) mass is 273 g/mol. The highest BCUT2D eigenvalue weighted by atomic mass is 16.8. The van der Waals surface area contributed by atoms with Crippen LogP contribution < -0.4 is 10.4 Å². The second-order valence-electron chi connectivity index (χ2n) is 4.17. The fraction of sp³-hybridized carbons (Fsp3) is 0.545. The third kappa shape index (κ3) is 2.77. The molecule has 1 aromatic rings. The van der Waals surface area contributed by atoms with Crippen molar-refractivity contribution in [3.63, 3.8) is 0 Å². The fourth-order valence-electron chi connectivity index (χ4n) is 1.77. The highest BCUT2D eigenvalue weighted by Gasteiger charge is 2.45. The molecule has 4 N–H and O–H groups in total. The summed E-state index contributed by atoms with van der Waals surface area (Å²) < 4.78 is 5.92. The average molecular weight is 273 g/mol. The summed E-state index contributed by atoms with van der Waals surface area (Å²) in [6.07, 6.45) is -5.71. The molecule has 8 nitrogen and oxygen atoms in total. The van der Waals surface area contributed by atoms with Crippen molar-refractivity contribution in [3.8, 4) is 0 Å². The molecule has 0 unspecified atom stereocenters. The molecule has 5 atom stereocenters. The predicted molar refractivity (Wildman–Crippen MR) is 61.0 cm³/mol. The van der Waals surface area contributed by atoms with E-state index in [1.165, 1.54) is 24.4 Å². The molecular formula is C11H15NO7. The van der Waals surface area contributed by atoms with Crippen molar-refractivity contribution in [2.24, 2.45) is 0 Å². The lowest BCUT2D eigenvalue weighted by atomic mass is 9.99. The van der Waals surface area contributed by atoms with Crippen LogP contribution in [0.3, 0.4) is 0 Å². The van der Waals surface area contributed by atoms with Gasteiger partial charge >= 0.3 is 0 Å². The molecule has 0 amide bonds. The zero-order chi connectivity index (χ0) is 14.0. The third-order valence-electron chi connectivity index (χ3n) is 2.85. The van der Waals surface area contributed by atoms with Gasteiger partial charge in [-0.3, -0.25) is 4.79 Å². The Hall–Kier alpha value is -1.45. The van der Waals surface area contributed by atoms with E-state index in [9.17, 15) is 20.1 Å². The van der Waals surface area contributed by atoms with Gasteiger partial charge in [0, 0.05) is 12.3 Å². The Labute approximate surface area is 108 Å². The van der Waals surface area contributed by atoms with E-state index in [0.29, 0.717) is 0 Å². The molecule has 0 radical (unpaired) electrons. The molecule has 0 aliphatic carbocycles. The quantitative estimate of drug-likeness (QED) is 0.465. The third-order valence-corrected chi connectivity index (χ3v) is 2.85. The van der Waals surface area contributed by atoms with Crippen molar-refractivity contribution >= 4 is 0 Å². The molecule has 2 rings (SSSR count). The smallest absolute Gasteiger partial charge is 0.283 e. The maximum Gasteiger partial charge on any atom is 0.283 e. The van der Waals surface area contributed by atoms with Gasteiger partial charge in [0.1, 0.15) is 24.4 Å². The first-order valence-corrected chi connectivity index (χ1v) is 5.70. The predicted octanol–water partition coefficient (Wildman–Crippen LogP) is -2.92. The summed E-state index contributed by atoms with van der Waals surface area (Å²) in [5, 5.41) is 37.9. The lowest BCUT2D eigenvalue weighted by Crippen LogP contribution is -2.61. The lowest BCUT2D eigenvalue weighted by Gasteiger charge is -2.39. The summed E-state index contributed by atoms with van der Waals surface area (Å²) in [6, 6.07) is 4.28. The second-order valence-corrected chi connectivity index (χ2v) is 4.17. The minimum atomic E-state index is -1.55. The largest absolute Gasteiger partial charge is 0.394 e. The summed E-state index contributed by atoms with van der Waals surface area (Å²) in [5.41, 5.74) is -0.487. The van der Waals surface area contributed by atoms with Crippen LogP contribution in [0.1, 0.15) is 0 Å². The van der Waals surface area contributed by atoms with E-state index in [0.717, 1.165) is 4.73 Å². The molecule has 1 aliphatic heterocycles. The van der Waals surface area contributed by atoms with Crippen LogP contribution in [0.5, 0.6) is 0 Å². The molecule has 1 aromatic heterocycles. The number of nitrogens with zero attached hydrogens (tertiary/aromatic N) is 1. The SMILES string of the molecule is O=c1ccccn1O[C@H]1O[C@H](CO)[C@@H](O)[C@H](O)[C@H]1O. The summed E-state index contributed by atoms with van der Waals surface area (Å²) in [6.45, 7) is -0.561. The van der Waals surface area contributed by atoms with Crippen molar-refractivity contribution in [1.29, 1.82) is 0 Å². The standard InChI is InChI=1S/C11H15NO7/c13-5-6-8(15)9(16)10(17)11(18-6)19-12-4-2-1-3-7(12)14/h1-4,6,8-11,13,15-17H,5H2/t6-,8-,9+,10-,11-/m1/s1. The molecule has 8 heteroatoms. The van der Waals surface area contributed by atoms with Gasteiger partial charge in [-0.1, -0.05) is 6.07 Å². The maximum absolute atomic E-state index is 11.4. The summed E-state index contributed by atoms with van der Waals surface area (Å²) in [5.74, 6) is 0. The molecule has 1 fully saturated rings. The van der Waals surface area contributed by atoms with Crippen molar-refractivity contribution in [1.82, 2.24) is 4.73 Å². The Morgan fingerprint density at radius 2 is 1.95 bits per heavy atom. The van der Waals surface area contributed by atoms with Crippen molar-refractivity contribution in [2.75, 3.05) is 6.61 Å². The van der Waals surface area contributed by atoms with Gasteiger partial charge in [0.15, 0.2) is 0 Å². The van der Waals surface area contributed by atoms with E-state index < -0.39 is 42.9 Å². The first-order valence-electron chi connectivity index (χ1n) is 5.70. The van der Waals surface area contributed by atoms with E-state index in [1.54, 1.807) is 0 Å². The van der Waals surface area contributed by atoms with Gasteiger partial charge < -0.3 is 30.0 Å². The summed E-state index contributed by atoms with van der Waals surface area (Å²) in [4.78, 5) is 16.5. The molecule has 1 aliphatic rings. The average Bonchev–Trinajstić information content (AvgIpc) is 2.41. The molecule has 106 valence electrons. The van der Waals surface area contributed by atoms with Crippen LogP contribution in [0.25, 0.3) is 0 Å². The van der Waals surface area contributed by atoms with Crippen molar-refractivity contribution in [2.45, 2.75) is 30.7 Å². The lowest BCUT2D eigenvalue weighted by molar-refractivity contribution is -0.301. The molecule has 2 heterocycles. The molecule has 1 saturated heterocycles. The minimum Gasteiger partial charge on any atom is -0.394 e. The first kappa shape index (κ1) is 14.0. The Bertz CT molecular complexity index is 474. The highest BCUT2D eigenvalue weighted by molar-refractivity contribution is 4.93. The zero-order valence-corrected chi connectivity index (χ0v) is 9.86. The molecule has 0 spiro atoms. The Morgan fingerprint density at radius 1 is 1.21 bits per heavy atom. The van der Waals surface area contributed by atoms with Crippen LogP contribution in [0.2, 0.25) is 0 Å². The van der Waals surface area contributed by atoms with Gasteiger partial charge in [-0.25, -0.2) is 0 Å². The number of hydrogen-bond donors (Lipinski definition) is 4. The molecular weight excluding hydrogens is 258 g/mol. The maximum atomic E-state index is 11.4. The number of aliphatic hydroxyl groups excluding tert-OH is 4.